The molecule has 8 nitrogen and oxygen atoms in total. The summed E-state index contributed by atoms with van der Waals surface area (Å²) in [5, 5.41) is 37.7. The molecule has 2 aliphatic heterocycles. The van der Waals surface area contributed by atoms with Crippen molar-refractivity contribution in [1.29, 1.82) is 0 Å². The fourth-order valence-corrected chi connectivity index (χ4v) is 1.95. The molecule has 0 saturated carbocycles. The molecule has 104 valence electrons. The lowest BCUT2D eigenvalue weighted by molar-refractivity contribution is -0.310. The monoisotopic (exact) mass is 264 g/mol. The van der Waals surface area contributed by atoms with Crippen molar-refractivity contribution in [3.8, 4) is 0 Å². The highest BCUT2D eigenvalue weighted by Gasteiger charge is 2.45. The minimum atomic E-state index is -1.49. The molecule has 2 aliphatic rings. The van der Waals surface area contributed by atoms with Crippen LogP contribution in [0, 0.1) is 0 Å². The Kier molecular flexibility index (Phi) is 4.15. The van der Waals surface area contributed by atoms with Crippen molar-refractivity contribution >= 4 is 5.97 Å². The second kappa shape index (κ2) is 5.47. The van der Waals surface area contributed by atoms with Crippen LogP contribution in [0.1, 0.15) is 6.42 Å². The van der Waals surface area contributed by atoms with Crippen molar-refractivity contribution in [2.45, 2.75) is 43.2 Å². The third-order valence-electron chi connectivity index (χ3n) is 3.00. The summed E-state index contributed by atoms with van der Waals surface area (Å²) < 4.78 is 15.1. The van der Waals surface area contributed by atoms with Crippen LogP contribution in [0.2, 0.25) is 0 Å². The van der Waals surface area contributed by atoms with E-state index in [1.54, 1.807) is 0 Å². The zero-order valence-corrected chi connectivity index (χ0v) is 9.51. The van der Waals surface area contributed by atoms with Crippen molar-refractivity contribution in [1.82, 2.24) is 0 Å². The van der Waals surface area contributed by atoms with Gasteiger partial charge in [0.15, 0.2) is 6.29 Å². The number of ether oxygens (including phenoxy) is 3. The highest BCUT2D eigenvalue weighted by molar-refractivity contribution is 5.71. The van der Waals surface area contributed by atoms with Gasteiger partial charge in [0.1, 0.15) is 37.1 Å². The summed E-state index contributed by atoms with van der Waals surface area (Å²) in [6.07, 6.45) is -7.15. The number of aliphatic hydroxyl groups excluding tert-OH is 4. The molecule has 1 unspecified atom stereocenters. The largest absolute Gasteiger partial charge is 0.463 e. The smallest absolute Gasteiger partial charge is 0.308 e. The van der Waals surface area contributed by atoms with E-state index in [9.17, 15) is 20.1 Å². The lowest BCUT2D eigenvalue weighted by Crippen LogP contribution is -2.59. The summed E-state index contributed by atoms with van der Waals surface area (Å²) in [4.78, 5) is 10.9. The minimum Gasteiger partial charge on any atom is -0.463 e. The van der Waals surface area contributed by atoms with Crippen LogP contribution < -0.4 is 0 Å². The summed E-state index contributed by atoms with van der Waals surface area (Å²) >= 11 is 0. The van der Waals surface area contributed by atoms with Crippen LogP contribution in [0.25, 0.3) is 0 Å². The van der Waals surface area contributed by atoms with E-state index in [0.717, 1.165) is 0 Å². The van der Waals surface area contributed by atoms with Gasteiger partial charge in [-0.25, -0.2) is 0 Å². The van der Waals surface area contributed by atoms with Gasteiger partial charge in [0.05, 0.1) is 13.0 Å². The summed E-state index contributed by atoms with van der Waals surface area (Å²) in [5.41, 5.74) is 0. The number of aliphatic hydroxyl groups is 4. The fourth-order valence-electron chi connectivity index (χ4n) is 1.95. The molecular weight excluding hydrogens is 248 g/mol. The Hall–Kier alpha value is -0.770. The number of rotatable bonds is 3. The molecule has 18 heavy (non-hydrogen) atoms. The first-order chi connectivity index (χ1) is 8.52. The average Bonchev–Trinajstić information content (AvgIpc) is 2.75. The number of cyclic esters (lactones) is 1. The van der Waals surface area contributed by atoms with Crippen molar-refractivity contribution in [3.63, 3.8) is 0 Å². The van der Waals surface area contributed by atoms with Crippen LogP contribution in [-0.2, 0) is 19.0 Å². The molecule has 0 amide bonds. The van der Waals surface area contributed by atoms with Crippen LogP contribution in [0.4, 0.5) is 0 Å². The number of esters is 1. The maximum absolute atomic E-state index is 10.9. The Labute approximate surface area is 103 Å². The summed E-state index contributed by atoms with van der Waals surface area (Å²) in [6.45, 7) is -0.473. The molecule has 2 heterocycles. The first kappa shape index (κ1) is 13.7. The Morgan fingerprint density at radius 2 is 1.94 bits per heavy atom. The molecule has 2 fully saturated rings. The molecule has 0 aliphatic carbocycles. The molecule has 0 aromatic heterocycles. The highest BCUT2D eigenvalue weighted by atomic mass is 16.7. The molecule has 0 bridgehead atoms. The van der Waals surface area contributed by atoms with Crippen LogP contribution in [0.5, 0.6) is 0 Å². The second-order valence-corrected chi connectivity index (χ2v) is 4.34. The predicted molar refractivity (Wildman–Crippen MR) is 54.2 cm³/mol. The van der Waals surface area contributed by atoms with Crippen LogP contribution in [0.3, 0.4) is 0 Å². The first-order valence-electron chi connectivity index (χ1n) is 5.64. The van der Waals surface area contributed by atoms with E-state index in [2.05, 4.69) is 4.74 Å². The van der Waals surface area contributed by atoms with Crippen molar-refractivity contribution in [2.75, 3.05) is 13.2 Å². The Balaban J connectivity index is 1.96. The van der Waals surface area contributed by atoms with Crippen molar-refractivity contribution in [2.24, 2.45) is 0 Å². The molecule has 2 rings (SSSR count). The Bertz CT molecular complexity index is 306. The highest BCUT2D eigenvalue weighted by Crippen LogP contribution is 2.24. The molecule has 4 N–H and O–H groups in total. The SMILES string of the molecule is O=C1CC(O[C@@H]2O[C@H](CO)[C@@H](O)[C@H](O)[C@H]2O)CO1. The van der Waals surface area contributed by atoms with E-state index < -0.39 is 49.4 Å². The quantitative estimate of drug-likeness (QED) is 0.400. The molecule has 0 aromatic rings. The number of hydrogen-bond donors (Lipinski definition) is 4. The maximum Gasteiger partial charge on any atom is 0.308 e. The van der Waals surface area contributed by atoms with Gasteiger partial charge in [-0.2, -0.15) is 0 Å². The van der Waals surface area contributed by atoms with Gasteiger partial charge in [-0.3, -0.25) is 4.79 Å². The van der Waals surface area contributed by atoms with Gasteiger partial charge in [-0.1, -0.05) is 0 Å². The lowest BCUT2D eigenvalue weighted by Gasteiger charge is -2.40. The summed E-state index contributed by atoms with van der Waals surface area (Å²) in [6, 6.07) is 0. The summed E-state index contributed by atoms with van der Waals surface area (Å²) in [7, 11) is 0. The van der Waals surface area contributed by atoms with Gasteiger partial charge in [0.2, 0.25) is 0 Å². The van der Waals surface area contributed by atoms with Crippen molar-refractivity contribution in [3.05, 3.63) is 0 Å². The Morgan fingerprint density at radius 3 is 2.50 bits per heavy atom. The second-order valence-electron chi connectivity index (χ2n) is 4.34. The maximum atomic E-state index is 10.9. The van der Waals surface area contributed by atoms with Gasteiger partial charge < -0.3 is 34.6 Å². The molecule has 0 radical (unpaired) electrons. The van der Waals surface area contributed by atoms with Gasteiger partial charge in [0.25, 0.3) is 0 Å². The molecule has 0 aromatic carbocycles. The molecule has 2 saturated heterocycles. The minimum absolute atomic E-state index is 0.0367. The summed E-state index contributed by atoms with van der Waals surface area (Å²) in [5.74, 6) is -0.412. The fraction of sp³-hybridized carbons (Fsp3) is 0.900. The third-order valence-corrected chi connectivity index (χ3v) is 3.00. The Morgan fingerprint density at radius 1 is 1.22 bits per heavy atom. The number of carbonyl (C=O) groups excluding carboxylic acids is 1. The molecule has 8 heteroatoms. The number of carbonyl (C=O) groups is 1. The lowest BCUT2D eigenvalue weighted by atomic mass is 9.99. The van der Waals surface area contributed by atoms with Gasteiger partial charge in [-0.15, -0.1) is 0 Å². The van der Waals surface area contributed by atoms with E-state index >= 15 is 0 Å². The van der Waals surface area contributed by atoms with Gasteiger partial charge in [-0.05, 0) is 0 Å². The topological polar surface area (TPSA) is 126 Å². The van der Waals surface area contributed by atoms with E-state index in [-0.39, 0.29) is 13.0 Å². The standard InChI is InChI=1S/C10H16O8/c11-2-5-7(13)8(14)9(15)10(18-5)17-4-1-6(12)16-3-4/h4-5,7-11,13-15H,1-3H2/t4?,5-,7-,8+,9-,10-/m1/s1. The van der Waals surface area contributed by atoms with Gasteiger partial charge in [0, 0.05) is 0 Å². The average molecular weight is 264 g/mol. The third kappa shape index (κ3) is 2.63. The zero-order valence-electron chi connectivity index (χ0n) is 9.51. The zero-order chi connectivity index (χ0) is 13.3. The van der Waals surface area contributed by atoms with Gasteiger partial charge >= 0.3 is 5.97 Å². The van der Waals surface area contributed by atoms with E-state index in [1.165, 1.54) is 0 Å². The van der Waals surface area contributed by atoms with Crippen molar-refractivity contribution < 1.29 is 39.4 Å². The predicted octanol–water partition coefficient (Wildman–Crippen LogP) is -2.88. The van der Waals surface area contributed by atoms with E-state index in [4.69, 9.17) is 14.6 Å². The molecular formula is C10H16O8. The molecule has 0 spiro atoms. The van der Waals surface area contributed by atoms with Crippen LogP contribution in [-0.4, -0.2) is 76.4 Å². The van der Waals surface area contributed by atoms with E-state index in [1.807, 2.05) is 0 Å². The van der Waals surface area contributed by atoms with Crippen LogP contribution >= 0.6 is 0 Å². The number of hydrogen-bond acceptors (Lipinski definition) is 8. The van der Waals surface area contributed by atoms with Crippen LogP contribution in [0.15, 0.2) is 0 Å². The molecule has 6 atom stereocenters. The first-order valence-corrected chi connectivity index (χ1v) is 5.64. The normalized spacial score (nSPS) is 45.0. The van der Waals surface area contributed by atoms with E-state index in [0.29, 0.717) is 0 Å².